The average molecular weight is 310 g/mol. The van der Waals surface area contributed by atoms with Gasteiger partial charge in [0.15, 0.2) is 5.82 Å². The summed E-state index contributed by atoms with van der Waals surface area (Å²) in [7, 11) is 0. The number of nitrogens with one attached hydrogen (secondary N) is 1. The third kappa shape index (κ3) is 2.82. The summed E-state index contributed by atoms with van der Waals surface area (Å²) in [6.07, 6.45) is 1.46. The van der Waals surface area contributed by atoms with E-state index in [2.05, 4.69) is 15.3 Å². The minimum absolute atomic E-state index is 0.171. The lowest BCUT2D eigenvalue weighted by Crippen LogP contribution is -2.16. The number of anilines is 2. The summed E-state index contributed by atoms with van der Waals surface area (Å²) in [6.45, 7) is 1.93. The van der Waals surface area contributed by atoms with Crippen LogP contribution in [0.1, 0.15) is 15.9 Å². The molecule has 110 valence electrons. The number of nitrogens with zero attached hydrogens (tertiary/aromatic N) is 2. The van der Waals surface area contributed by atoms with Gasteiger partial charge in [-0.3, -0.25) is 4.79 Å². The van der Waals surface area contributed by atoms with Crippen molar-refractivity contribution in [2.24, 2.45) is 0 Å². The molecule has 0 atom stereocenters. The van der Waals surface area contributed by atoms with E-state index >= 15 is 0 Å². The molecule has 5 nitrogen and oxygen atoms in total. The van der Waals surface area contributed by atoms with E-state index in [-0.39, 0.29) is 17.3 Å². The Balaban J connectivity index is 1.86. The van der Waals surface area contributed by atoms with E-state index in [0.29, 0.717) is 5.82 Å². The number of carbonyl (C=O) groups is 1. The Morgan fingerprint density at radius 1 is 1.23 bits per heavy atom. The van der Waals surface area contributed by atoms with Crippen molar-refractivity contribution in [1.29, 1.82) is 0 Å². The van der Waals surface area contributed by atoms with Crippen LogP contribution >= 0.6 is 11.3 Å². The SMILES string of the molecule is Cc1ccccc1NC(=O)c1cnc(-c2cccs2)nc1N. The number of benzene rings is 1. The molecule has 0 saturated carbocycles. The third-order valence-corrected chi connectivity index (χ3v) is 4.06. The lowest BCUT2D eigenvalue weighted by atomic mass is 10.2. The van der Waals surface area contributed by atoms with Crippen molar-refractivity contribution >= 4 is 28.7 Å². The molecule has 3 aromatic rings. The fourth-order valence-corrected chi connectivity index (χ4v) is 2.66. The number of carbonyl (C=O) groups excluding carboxylic acids is 1. The van der Waals surface area contributed by atoms with Gasteiger partial charge in [0.1, 0.15) is 11.4 Å². The molecule has 1 amide bonds. The van der Waals surface area contributed by atoms with Gasteiger partial charge in [-0.05, 0) is 30.0 Å². The largest absolute Gasteiger partial charge is 0.383 e. The first kappa shape index (κ1) is 14.2. The summed E-state index contributed by atoms with van der Waals surface area (Å²) in [5.74, 6) is 0.383. The van der Waals surface area contributed by atoms with Crippen LogP contribution in [0.2, 0.25) is 0 Å². The van der Waals surface area contributed by atoms with Crippen molar-refractivity contribution in [3.8, 4) is 10.7 Å². The number of thiophene rings is 1. The summed E-state index contributed by atoms with van der Waals surface area (Å²) in [5.41, 5.74) is 7.90. The molecule has 0 bridgehead atoms. The number of aromatic nitrogens is 2. The van der Waals surface area contributed by atoms with Gasteiger partial charge in [-0.2, -0.15) is 0 Å². The molecule has 0 saturated heterocycles. The fourth-order valence-electron chi connectivity index (χ4n) is 2.00. The molecule has 1 aromatic carbocycles. The van der Waals surface area contributed by atoms with Crippen LogP contribution in [0.4, 0.5) is 11.5 Å². The minimum Gasteiger partial charge on any atom is -0.383 e. The van der Waals surface area contributed by atoms with E-state index < -0.39 is 0 Å². The maximum Gasteiger partial charge on any atom is 0.260 e. The van der Waals surface area contributed by atoms with Gasteiger partial charge < -0.3 is 11.1 Å². The molecule has 0 radical (unpaired) electrons. The average Bonchev–Trinajstić information content (AvgIpc) is 3.03. The Bertz CT molecular complexity index is 815. The molecule has 0 fully saturated rings. The molecule has 0 aliphatic rings. The number of nitrogen functional groups attached to an aromatic ring is 1. The Hall–Kier alpha value is -2.73. The van der Waals surface area contributed by atoms with Crippen LogP contribution in [0.15, 0.2) is 48.0 Å². The number of aryl methyl sites for hydroxylation is 1. The van der Waals surface area contributed by atoms with Gasteiger partial charge in [-0.1, -0.05) is 24.3 Å². The first-order chi connectivity index (χ1) is 10.6. The summed E-state index contributed by atoms with van der Waals surface area (Å²) >= 11 is 1.52. The van der Waals surface area contributed by atoms with E-state index in [9.17, 15) is 4.79 Å². The van der Waals surface area contributed by atoms with Crippen LogP contribution in [0.5, 0.6) is 0 Å². The second-order valence-electron chi connectivity index (χ2n) is 4.74. The zero-order valence-electron chi connectivity index (χ0n) is 11.9. The lowest BCUT2D eigenvalue weighted by molar-refractivity contribution is 0.102. The summed E-state index contributed by atoms with van der Waals surface area (Å²) < 4.78 is 0. The first-order valence-electron chi connectivity index (χ1n) is 6.68. The number of hydrogen-bond donors (Lipinski definition) is 2. The molecule has 6 heteroatoms. The van der Waals surface area contributed by atoms with Crippen molar-refractivity contribution < 1.29 is 4.79 Å². The molecule has 0 aliphatic heterocycles. The fraction of sp³-hybridized carbons (Fsp3) is 0.0625. The van der Waals surface area contributed by atoms with E-state index in [1.807, 2.05) is 48.7 Å². The van der Waals surface area contributed by atoms with Crippen LogP contribution in [0, 0.1) is 6.92 Å². The molecule has 3 rings (SSSR count). The molecule has 2 heterocycles. The molecule has 3 N–H and O–H groups in total. The molecule has 0 spiro atoms. The highest BCUT2D eigenvalue weighted by atomic mass is 32.1. The van der Waals surface area contributed by atoms with Crippen molar-refractivity contribution in [2.75, 3.05) is 11.1 Å². The highest BCUT2D eigenvalue weighted by Crippen LogP contribution is 2.23. The van der Waals surface area contributed by atoms with E-state index in [0.717, 1.165) is 16.1 Å². The Kier molecular flexibility index (Phi) is 3.84. The maximum absolute atomic E-state index is 12.3. The van der Waals surface area contributed by atoms with Crippen LogP contribution < -0.4 is 11.1 Å². The topological polar surface area (TPSA) is 80.9 Å². The number of rotatable bonds is 3. The van der Waals surface area contributed by atoms with Crippen LogP contribution in [-0.4, -0.2) is 15.9 Å². The quantitative estimate of drug-likeness (QED) is 0.777. The monoisotopic (exact) mass is 310 g/mol. The lowest BCUT2D eigenvalue weighted by Gasteiger charge is -2.09. The van der Waals surface area contributed by atoms with Gasteiger partial charge in [0.2, 0.25) is 0 Å². The number of amides is 1. The van der Waals surface area contributed by atoms with E-state index in [1.54, 1.807) is 0 Å². The predicted octanol–water partition coefficient (Wildman–Crippen LogP) is 3.35. The summed E-state index contributed by atoms with van der Waals surface area (Å²) in [6, 6.07) is 11.4. The van der Waals surface area contributed by atoms with Crippen molar-refractivity contribution in [2.45, 2.75) is 6.92 Å². The number of hydrogen-bond acceptors (Lipinski definition) is 5. The van der Waals surface area contributed by atoms with Crippen LogP contribution in [0.25, 0.3) is 10.7 Å². The van der Waals surface area contributed by atoms with Gasteiger partial charge >= 0.3 is 0 Å². The number of para-hydroxylation sites is 1. The molecular weight excluding hydrogens is 296 g/mol. The van der Waals surface area contributed by atoms with Crippen LogP contribution in [-0.2, 0) is 0 Å². The molecule has 0 aliphatic carbocycles. The molecular formula is C16H14N4OS. The van der Waals surface area contributed by atoms with Gasteiger partial charge in [0.05, 0.1) is 4.88 Å². The van der Waals surface area contributed by atoms with Crippen molar-refractivity contribution in [3.63, 3.8) is 0 Å². The summed E-state index contributed by atoms with van der Waals surface area (Å²) in [5, 5.41) is 4.76. The van der Waals surface area contributed by atoms with Crippen molar-refractivity contribution in [1.82, 2.24) is 9.97 Å². The van der Waals surface area contributed by atoms with Gasteiger partial charge in [-0.15, -0.1) is 11.3 Å². The highest BCUT2D eigenvalue weighted by molar-refractivity contribution is 7.13. The zero-order valence-corrected chi connectivity index (χ0v) is 12.7. The van der Waals surface area contributed by atoms with Crippen LogP contribution in [0.3, 0.4) is 0 Å². The van der Waals surface area contributed by atoms with Gasteiger partial charge in [0.25, 0.3) is 5.91 Å². The Morgan fingerprint density at radius 2 is 2.05 bits per heavy atom. The molecule has 22 heavy (non-hydrogen) atoms. The smallest absolute Gasteiger partial charge is 0.260 e. The predicted molar refractivity (Wildman–Crippen MR) is 88.9 cm³/mol. The highest BCUT2D eigenvalue weighted by Gasteiger charge is 2.14. The third-order valence-electron chi connectivity index (χ3n) is 3.20. The Labute approximate surface area is 131 Å². The summed E-state index contributed by atoms with van der Waals surface area (Å²) in [4.78, 5) is 21.7. The Morgan fingerprint density at radius 3 is 2.73 bits per heavy atom. The second kappa shape index (κ2) is 5.95. The van der Waals surface area contributed by atoms with E-state index in [4.69, 9.17) is 5.73 Å². The zero-order chi connectivity index (χ0) is 15.5. The normalized spacial score (nSPS) is 10.4. The van der Waals surface area contributed by atoms with Gasteiger partial charge in [0, 0.05) is 11.9 Å². The van der Waals surface area contributed by atoms with Gasteiger partial charge in [-0.25, -0.2) is 9.97 Å². The second-order valence-corrected chi connectivity index (χ2v) is 5.69. The standard InChI is InChI=1S/C16H14N4OS/c1-10-5-2-3-6-12(10)19-16(21)11-9-18-15(20-14(11)17)13-7-4-8-22-13/h2-9H,1H3,(H,19,21)(H2,17,18,20). The minimum atomic E-state index is -0.315. The maximum atomic E-state index is 12.3. The van der Waals surface area contributed by atoms with Crippen molar-refractivity contribution in [3.05, 3.63) is 59.1 Å². The molecule has 2 aromatic heterocycles. The van der Waals surface area contributed by atoms with E-state index in [1.165, 1.54) is 17.5 Å². The first-order valence-corrected chi connectivity index (χ1v) is 7.56. The number of nitrogens with two attached hydrogens (primary N) is 1. The molecule has 0 unspecified atom stereocenters.